The molecule has 0 saturated carbocycles. The van der Waals surface area contributed by atoms with Gasteiger partial charge in [-0.3, -0.25) is 4.79 Å². The van der Waals surface area contributed by atoms with Gasteiger partial charge in [-0.15, -0.1) is 0 Å². The number of carboxylic acid groups (broad SMARTS) is 1. The summed E-state index contributed by atoms with van der Waals surface area (Å²) in [5.41, 5.74) is 2.25. The maximum atomic E-state index is 12.3. The van der Waals surface area contributed by atoms with Crippen molar-refractivity contribution < 1.29 is 14.7 Å². The SMILES string of the molecule is CC(C(=O)O)N(C)C(=O)C1CCc2ccccc21. The van der Waals surface area contributed by atoms with E-state index in [1.165, 1.54) is 17.4 Å². The van der Waals surface area contributed by atoms with Crippen LogP contribution >= 0.6 is 0 Å². The molecule has 1 aliphatic carbocycles. The molecule has 0 bridgehead atoms. The van der Waals surface area contributed by atoms with Crippen LogP contribution in [0.3, 0.4) is 0 Å². The standard InChI is InChI=1S/C14H17NO3/c1-9(14(17)18)15(2)13(16)12-8-7-10-5-3-4-6-11(10)12/h3-6,9,12H,7-8H2,1-2H3,(H,17,18). The lowest BCUT2D eigenvalue weighted by molar-refractivity contribution is -0.148. The Bertz CT molecular complexity index is 484. The predicted octanol–water partition coefficient (Wildman–Crippen LogP) is 1.65. The van der Waals surface area contributed by atoms with Crippen molar-refractivity contribution in [2.24, 2.45) is 0 Å². The van der Waals surface area contributed by atoms with Crippen molar-refractivity contribution in [1.29, 1.82) is 0 Å². The maximum Gasteiger partial charge on any atom is 0.326 e. The van der Waals surface area contributed by atoms with E-state index in [1.807, 2.05) is 24.3 Å². The van der Waals surface area contributed by atoms with Crippen molar-refractivity contribution in [3.63, 3.8) is 0 Å². The molecule has 2 rings (SSSR count). The molecule has 4 heteroatoms. The predicted molar refractivity (Wildman–Crippen MR) is 67.4 cm³/mol. The van der Waals surface area contributed by atoms with Crippen LogP contribution in [-0.2, 0) is 16.0 Å². The largest absolute Gasteiger partial charge is 0.480 e. The molecule has 0 aliphatic heterocycles. The summed E-state index contributed by atoms with van der Waals surface area (Å²) in [6.45, 7) is 1.53. The van der Waals surface area contributed by atoms with E-state index in [9.17, 15) is 9.59 Å². The van der Waals surface area contributed by atoms with Crippen LogP contribution in [0.4, 0.5) is 0 Å². The van der Waals surface area contributed by atoms with Crippen LogP contribution in [0.1, 0.15) is 30.4 Å². The zero-order valence-electron chi connectivity index (χ0n) is 10.6. The number of carbonyl (C=O) groups is 2. The topological polar surface area (TPSA) is 57.6 Å². The van der Waals surface area contributed by atoms with Gasteiger partial charge in [0.1, 0.15) is 6.04 Å². The summed E-state index contributed by atoms with van der Waals surface area (Å²) in [4.78, 5) is 24.6. The molecule has 1 aliphatic rings. The number of carboxylic acids is 1. The number of hydrogen-bond acceptors (Lipinski definition) is 2. The second-order valence-corrected chi connectivity index (χ2v) is 4.75. The third-order valence-corrected chi connectivity index (χ3v) is 3.72. The Morgan fingerprint density at radius 3 is 2.72 bits per heavy atom. The highest BCUT2D eigenvalue weighted by molar-refractivity contribution is 5.88. The summed E-state index contributed by atoms with van der Waals surface area (Å²) >= 11 is 0. The highest BCUT2D eigenvalue weighted by atomic mass is 16.4. The van der Waals surface area contributed by atoms with Crippen molar-refractivity contribution in [3.05, 3.63) is 35.4 Å². The van der Waals surface area contributed by atoms with Crippen molar-refractivity contribution in [2.45, 2.75) is 31.7 Å². The summed E-state index contributed by atoms with van der Waals surface area (Å²) in [6.07, 6.45) is 1.66. The van der Waals surface area contributed by atoms with Crippen LogP contribution < -0.4 is 0 Å². The molecule has 96 valence electrons. The first-order valence-electron chi connectivity index (χ1n) is 6.09. The lowest BCUT2D eigenvalue weighted by Crippen LogP contribution is -2.42. The van der Waals surface area contributed by atoms with Gasteiger partial charge in [0, 0.05) is 7.05 Å². The normalized spacial score (nSPS) is 19.1. The first kappa shape index (κ1) is 12.6. The smallest absolute Gasteiger partial charge is 0.326 e. The number of amides is 1. The second-order valence-electron chi connectivity index (χ2n) is 4.75. The van der Waals surface area contributed by atoms with Gasteiger partial charge >= 0.3 is 5.97 Å². The van der Waals surface area contributed by atoms with Gasteiger partial charge in [0.15, 0.2) is 0 Å². The Morgan fingerprint density at radius 2 is 2.06 bits per heavy atom. The molecule has 0 fully saturated rings. The Morgan fingerprint density at radius 1 is 1.39 bits per heavy atom. The maximum absolute atomic E-state index is 12.3. The minimum absolute atomic E-state index is 0.102. The second kappa shape index (κ2) is 4.80. The molecule has 0 spiro atoms. The van der Waals surface area contributed by atoms with Crippen LogP contribution in [0.2, 0.25) is 0 Å². The molecule has 2 atom stereocenters. The van der Waals surface area contributed by atoms with Crippen LogP contribution in [0, 0.1) is 0 Å². The van der Waals surface area contributed by atoms with E-state index in [0.29, 0.717) is 0 Å². The fourth-order valence-electron chi connectivity index (χ4n) is 2.42. The van der Waals surface area contributed by atoms with E-state index in [0.717, 1.165) is 18.4 Å². The Kier molecular flexibility index (Phi) is 3.36. The highest BCUT2D eigenvalue weighted by Gasteiger charge is 2.33. The monoisotopic (exact) mass is 247 g/mol. The van der Waals surface area contributed by atoms with E-state index < -0.39 is 12.0 Å². The third-order valence-electron chi connectivity index (χ3n) is 3.72. The molecular formula is C14H17NO3. The molecule has 0 aromatic heterocycles. The summed E-state index contributed by atoms with van der Waals surface area (Å²) in [6, 6.07) is 7.10. The zero-order valence-corrected chi connectivity index (χ0v) is 10.6. The van der Waals surface area contributed by atoms with E-state index in [-0.39, 0.29) is 11.8 Å². The van der Waals surface area contributed by atoms with Gasteiger partial charge in [-0.2, -0.15) is 0 Å². The van der Waals surface area contributed by atoms with Crippen LogP contribution in [0.25, 0.3) is 0 Å². The van der Waals surface area contributed by atoms with Gasteiger partial charge in [0.25, 0.3) is 0 Å². The Hall–Kier alpha value is -1.84. The third kappa shape index (κ3) is 2.10. The molecule has 0 saturated heterocycles. The van der Waals surface area contributed by atoms with Gasteiger partial charge in [0.2, 0.25) is 5.91 Å². The summed E-state index contributed by atoms with van der Waals surface area (Å²) in [5.74, 6) is -1.26. The zero-order chi connectivity index (χ0) is 13.3. The quantitative estimate of drug-likeness (QED) is 0.883. The molecule has 4 nitrogen and oxygen atoms in total. The Labute approximate surface area is 106 Å². The molecule has 1 aromatic carbocycles. The molecule has 0 radical (unpaired) electrons. The minimum Gasteiger partial charge on any atom is -0.480 e. The lowest BCUT2D eigenvalue weighted by atomic mass is 9.99. The van der Waals surface area contributed by atoms with E-state index >= 15 is 0 Å². The number of rotatable bonds is 3. The van der Waals surface area contributed by atoms with Crippen LogP contribution in [0.15, 0.2) is 24.3 Å². The fraction of sp³-hybridized carbons (Fsp3) is 0.429. The molecule has 1 amide bonds. The molecule has 18 heavy (non-hydrogen) atoms. The van der Waals surface area contributed by atoms with Crippen molar-refractivity contribution in [2.75, 3.05) is 7.05 Å². The summed E-state index contributed by atoms with van der Waals surface area (Å²) in [5, 5.41) is 8.95. The van der Waals surface area contributed by atoms with Crippen LogP contribution in [-0.4, -0.2) is 35.0 Å². The minimum atomic E-state index is -0.975. The van der Waals surface area contributed by atoms with Crippen molar-refractivity contribution in [1.82, 2.24) is 4.90 Å². The summed E-state index contributed by atoms with van der Waals surface area (Å²) < 4.78 is 0. The highest BCUT2D eigenvalue weighted by Crippen LogP contribution is 2.34. The Balaban J connectivity index is 2.19. The molecule has 2 unspecified atom stereocenters. The average Bonchev–Trinajstić information content (AvgIpc) is 2.79. The lowest BCUT2D eigenvalue weighted by Gasteiger charge is -2.25. The number of hydrogen-bond donors (Lipinski definition) is 1. The number of aryl methyl sites for hydroxylation is 1. The van der Waals surface area contributed by atoms with Gasteiger partial charge in [0.05, 0.1) is 5.92 Å². The van der Waals surface area contributed by atoms with Gasteiger partial charge in [-0.05, 0) is 30.9 Å². The first-order chi connectivity index (χ1) is 8.52. The number of benzene rings is 1. The van der Waals surface area contributed by atoms with Gasteiger partial charge in [-0.25, -0.2) is 4.79 Å². The molecule has 1 N–H and O–H groups in total. The molecular weight excluding hydrogens is 230 g/mol. The van der Waals surface area contributed by atoms with Crippen molar-refractivity contribution >= 4 is 11.9 Å². The van der Waals surface area contributed by atoms with E-state index in [4.69, 9.17) is 5.11 Å². The number of likely N-dealkylation sites (N-methyl/N-ethyl adjacent to an activating group) is 1. The molecule has 0 heterocycles. The van der Waals surface area contributed by atoms with Gasteiger partial charge in [-0.1, -0.05) is 24.3 Å². The van der Waals surface area contributed by atoms with E-state index in [1.54, 1.807) is 7.05 Å². The average molecular weight is 247 g/mol. The number of carbonyl (C=O) groups excluding carboxylic acids is 1. The fourth-order valence-corrected chi connectivity index (χ4v) is 2.42. The van der Waals surface area contributed by atoms with Crippen LogP contribution in [0.5, 0.6) is 0 Å². The van der Waals surface area contributed by atoms with Gasteiger partial charge < -0.3 is 10.0 Å². The number of fused-ring (bicyclic) bond motifs is 1. The number of nitrogens with zero attached hydrogens (tertiary/aromatic N) is 1. The molecule has 1 aromatic rings. The van der Waals surface area contributed by atoms with E-state index in [2.05, 4.69) is 0 Å². The van der Waals surface area contributed by atoms with Crippen molar-refractivity contribution in [3.8, 4) is 0 Å². The first-order valence-corrected chi connectivity index (χ1v) is 6.09. The summed E-state index contributed by atoms with van der Waals surface area (Å²) in [7, 11) is 1.56. The number of aliphatic carboxylic acids is 1.